The van der Waals surface area contributed by atoms with E-state index in [1.807, 2.05) is 64.1 Å². The van der Waals surface area contributed by atoms with Crippen LogP contribution in [-0.2, 0) is 0 Å². The Morgan fingerprint density at radius 2 is 1.72 bits per heavy atom. The van der Waals surface area contributed by atoms with Crippen LogP contribution in [0.4, 0.5) is 5.69 Å². The lowest BCUT2D eigenvalue weighted by Gasteiger charge is -2.11. The minimum Gasteiger partial charge on any atom is -0.476 e. The Balaban J connectivity index is 2.04. The number of carbonyl (C=O) groups excluding carboxylic acids is 1. The molecule has 5 heteroatoms. The molecule has 1 heterocycles. The van der Waals surface area contributed by atoms with Gasteiger partial charge in [-0.3, -0.25) is 4.79 Å². The maximum Gasteiger partial charge on any atom is 0.279 e. The average Bonchev–Trinajstić information content (AvgIpc) is 2.56. The van der Waals surface area contributed by atoms with Crippen LogP contribution in [0.1, 0.15) is 34.1 Å². The zero-order chi connectivity index (χ0) is 18.0. The molecule has 0 fully saturated rings. The predicted molar refractivity (Wildman–Crippen MR) is 99.3 cm³/mol. The summed E-state index contributed by atoms with van der Waals surface area (Å²) in [5.74, 6) is -0.0786. The van der Waals surface area contributed by atoms with Gasteiger partial charge in [-0.25, -0.2) is 9.97 Å². The van der Waals surface area contributed by atoms with Crippen LogP contribution >= 0.6 is 0 Å². The third-order valence-corrected chi connectivity index (χ3v) is 4.02. The quantitative estimate of drug-likeness (QED) is 0.776. The number of nitrogens with zero attached hydrogens (tertiary/aromatic N) is 2. The summed E-state index contributed by atoms with van der Waals surface area (Å²) >= 11 is 0. The monoisotopic (exact) mass is 335 g/mol. The smallest absolute Gasteiger partial charge is 0.279 e. The summed E-state index contributed by atoms with van der Waals surface area (Å²) in [5, 5.41) is 2.87. The molecule has 3 aromatic rings. The van der Waals surface area contributed by atoms with Crippen molar-refractivity contribution < 1.29 is 9.53 Å². The molecule has 0 atom stereocenters. The van der Waals surface area contributed by atoms with Gasteiger partial charge >= 0.3 is 0 Å². The SMILES string of the molecule is CCOc1nc2cc(C)c(C)cc2nc1C(=O)Nc1cccc(C)c1. The zero-order valence-corrected chi connectivity index (χ0v) is 14.9. The van der Waals surface area contributed by atoms with Gasteiger partial charge in [0.15, 0.2) is 5.69 Å². The average molecular weight is 335 g/mol. The minimum absolute atomic E-state index is 0.194. The van der Waals surface area contributed by atoms with Crippen LogP contribution in [-0.4, -0.2) is 22.5 Å². The molecule has 0 aliphatic heterocycles. The Morgan fingerprint density at radius 1 is 1.04 bits per heavy atom. The number of benzene rings is 2. The number of aryl methyl sites for hydroxylation is 3. The topological polar surface area (TPSA) is 64.1 Å². The number of amides is 1. The van der Waals surface area contributed by atoms with E-state index in [1.165, 1.54) is 0 Å². The van der Waals surface area contributed by atoms with Crippen molar-refractivity contribution in [1.29, 1.82) is 0 Å². The van der Waals surface area contributed by atoms with Crippen molar-refractivity contribution in [2.45, 2.75) is 27.7 Å². The van der Waals surface area contributed by atoms with Crippen LogP contribution in [0.5, 0.6) is 5.88 Å². The van der Waals surface area contributed by atoms with Crippen molar-refractivity contribution in [2.75, 3.05) is 11.9 Å². The van der Waals surface area contributed by atoms with E-state index in [1.54, 1.807) is 0 Å². The highest BCUT2D eigenvalue weighted by atomic mass is 16.5. The predicted octanol–water partition coefficient (Wildman–Crippen LogP) is 4.21. The van der Waals surface area contributed by atoms with Crippen LogP contribution in [0.25, 0.3) is 11.0 Å². The Hall–Kier alpha value is -2.95. The molecule has 0 saturated carbocycles. The molecule has 3 rings (SSSR count). The highest BCUT2D eigenvalue weighted by Gasteiger charge is 2.18. The van der Waals surface area contributed by atoms with Crippen molar-refractivity contribution >= 4 is 22.6 Å². The van der Waals surface area contributed by atoms with Gasteiger partial charge in [-0.15, -0.1) is 0 Å². The van der Waals surface area contributed by atoms with Crippen molar-refractivity contribution in [3.63, 3.8) is 0 Å². The highest BCUT2D eigenvalue weighted by molar-refractivity contribution is 6.05. The van der Waals surface area contributed by atoms with E-state index in [-0.39, 0.29) is 17.5 Å². The molecule has 0 aliphatic carbocycles. The summed E-state index contributed by atoms with van der Waals surface area (Å²) in [5.41, 5.74) is 5.61. The minimum atomic E-state index is -0.332. The standard InChI is InChI=1S/C20H21N3O2/c1-5-25-20-18(19(24)21-15-8-6-7-12(2)9-15)22-16-10-13(3)14(4)11-17(16)23-20/h6-11H,5H2,1-4H3,(H,21,24). The number of hydrogen-bond acceptors (Lipinski definition) is 4. The third-order valence-electron chi connectivity index (χ3n) is 4.02. The zero-order valence-electron chi connectivity index (χ0n) is 14.9. The number of fused-ring (bicyclic) bond motifs is 1. The fraction of sp³-hybridized carbons (Fsp3) is 0.250. The third kappa shape index (κ3) is 3.60. The molecule has 0 saturated heterocycles. The van der Waals surface area contributed by atoms with Gasteiger partial charge in [0.1, 0.15) is 0 Å². The fourth-order valence-electron chi connectivity index (χ4n) is 2.59. The second-order valence-corrected chi connectivity index (χ2v) is 6.06. The summed E-state index contributed by atoms with van der Waals surface area (Å²) in [4.78, 5) is 21.7. The van der Waals surface area contributed by atoms with Crippen LogP contribution in [0.15, 0.2) is 36.4 Å². The number of ether oxygens (including phenoxy) is 1. The van der Waals surface area contributed by atoms with Gasteiger partial charge < -0.3 is 10.1 Å². The molecule has 1 N–H and O–H groups in total. The van der Waals surface area contributed by atoms with Gasteiger partial charge in [0.2, 0.25) is 5.88 Å². The second-order valence-electron chi connectivity index (χ2n) is 6.06. The number of anilines is 1. The van der Waals surface area contributed by atoms with Crippen molar-refractivity contribution in [2.24, 2.45) is 0 Å². The van der Waals surface area contributed by atoms with Crippen molar-refractivity contribution in [1.82, 2.24) is 9.97 Å². The van der Waals surface area contributed by atoms with Crippen LogP contribution in [0.2, 0.25) is 0 Å². The van der Waals surface area contributed by atoms with Crippen LogP contribution in [0.3, 0.4) is 0 Å². The lowest BCUT2D eigenvalue weighted by atomic mass is 10.1. The van der Waals surface area contributed by atoms with Gasteiger partial charge in [0.25, 0.3) is 5.91 Å². The van der Waals surface area contributed by atoms with Gasteiger partial charge in [0.05, 0.1) is 17.6 Å². The summed E-state index contributed by atoms with van der Waals surface area (Å²) in [6.45, 7) is 8.28. The first-order valence-electron chi connectivity index (χ1n) is 8.27. The van der Waals surface area contributed by atoms with Gasteiger partial charge in [-0.2, -0.15) is 0 Å². The molecule has 0 bridgehead atoms. The molecule has 5 nitrogen and oxygen atoms in total. The largest absolute Gasteiger partial charge is 0.476 e. The molecule has 1 amide bonds. The van der Waals surface area contributed by atoms with Crippen molar-refractivity contribution in [3.8, 4) is 5.88 Å². The lowest BCUT2D eigenvalue weighted by molar-refractivity contribution is 0.101. The molecule has 0 spiro atoms. The van der Waals surface area contributed by atoms with Crippen molar-refractivity contribution in [3.05, 3.63) is 58.8 Å². The number of carbonyl (C=O) groups is 1. The molecule has 2 aromatic carbocycles. The lowest BCUT2D eigenvalue weighted by Crippen LogP contribution is -2.17. The van der Waals surface area contributed by atoms with E-state index >= 15 is 0 Å². The molecule has 0 aliphatic rings. The van der Waals surface area contributed by atoms with Gasteiger partial charge in [-0.05, 0) is 68.7 Å². The molecule has 128 valence electrons. The Morgan fingerprint density at radius 3 is 2.36 bits per heavy atom. The first-order chi connectivity index (χ1) is 12.0. The van der Waals surface area contributed by atoms with E-state index in [2.05, 4.69) is 15.3 Å². The molecular formula is C20H21N3O2. The number of hydrogen-bond donors (Lipinski definition) is 1. The molecule has 0 unspecified atom stereocenters. The first-order valence-corrected chi connectivity index (χ1v) is 8.27. The summed E-state index contributed by atoms with van der Waals surface area (Å²) < 4.78 is 5.56. The van der Waals surface area contributed by atoms with Gasteiger partial charge in [0, 0.05) is 5.69 Å². The summed E-state index contributed by atoms with van der Waals surface area (Å²) in [7, 11) is 0. The second kappa shape index (κ2) is 6.89. The maximum atomic E-state index is 12.7. The van der Waals surface area contributed by atoms with E-state index in [4.69, 9.17) is 4.74 Å². The number of rotatable bonds is 4. The fourth-order valence-corrected chi connectivity index (χ4v) is 2.59. The Bertz CT molecular complexity index is 951. The highest BCUT2D eigenvalue weighted by Crippen LogP contribution is 2.23. The Kier molecular flexibility index (Phi) is 4.65. The number of aromatic nitrogens is 2. The summed E-state index contributed by atoms with van der Waals surface area (Å²) in [6.07, 6.45) is 0. The van der Waals surface area contributed by atoms with Gasteiger partial charge in [-0.1, -0.05) is 12.1 Å². The first kappa shape index (κ1) is 16.9. The molecule has 25 heavy (non-hydrogen) atoms. The van der Waals surface area contributed by atoms with Crippen LogP contribution in [0, 0.1) is 20.8 Å². The normalized spacial score (nSPS) is 10.7. The van der Waals surface area contributed by atoms with E-state index < -0.39 is 0 Å². The molecule has 0 radical (unpaired) electrons. The van der Waals surface area contributed by atoms with E-state index in [0.29, 0.717) is 12.1 Å². The Labute approximate surface area is 147 Å². The van der Waals surface area contributed by atoms with Crippen LogP contribution < -0.4 is 10.1 Å². The molecular weight excluding hydrogens is 314 g/mol. The molecule has 1 aromatic heterocycles. The van der Waals surface area contributed by atoms with E-state index in [9.17, 15) is 4.79 Å². The maximum absolute atomic E-state index is 12.7. The van der Waals surface area contributed by atoms with E-state index in [0.717, 1.165) is 27.9 Å². The number of nitrogens with one attached hydrogen (secondary N) is 1. The summed E-state index contributed by atoms with van der Waals surface area (Å²) in [6, 6.07) is 11.5.